The van der Waals surface area contributed by atoms with E-state index < -0.39 is 0 Å². The van der Waals surface area contributed by atoms with Crippen molar-refractivity contribution in [2.24, 2.45) is 0 Å². The molecule has 0 bridgehead atoms. The number of halogens is 1. The molecule has 1 aliphatic heterocycles. The summed E-state index contributed by atoms with van der Waals surface area (Å²) in [6.45, 7) is 7.44. The van der Waals surface area contributed by atoms with Gasteiger partial charge in [0.1, 0.15) is 0 Å². The molecule has 3 nitrogen and oxygen atoms in total. The van der Waals surface area contributed by atoms with Gasteiger partial charge in [-0.25, -0.2) is 0 Å². The quantitative estimate of drug-likeness (QED) is 0.794. The van der Waals surface area contributed by atoms with Crippen LogP contribution in [0.25, 0.3) is 0 Å². The second-order valence-electron chi connectivity index (χ2n) is 4.12. The zero-order valence-corrected chi connectivity index (χ0v) is 11.2. The van der Waals surface area contributed by atoms with Crippen molar-refractivity contribution >= 4 is 21.8 Å². The Morgan fingerprint density at radius 2 is 2.33 bits per heavy atom. The minimum Gasteiger partial charge on any atom is -0.351 e. The van der Waals surface area contributed by atoms with Crippen molar-refractivity contribution < 1.29 is 4.79 Å². The number of hydrogen-bond donors (Lipinski definition) is 1. The first-order chi connectivity index (χ1) is 7.17. The summed E-state index contributed by atoms with van der Waals surface area (Å²) in [5.41, 5.74) is 0. The van der Waals surface area contributed by atoms with E-state index in [1.807, 2.05) is 6.92 Å². The lowest BCUT2D eigenvalue weighted by atomic mass is 10.1. The van der Waals surface area contributed by atoms with Crippen molar-refractivity contribution in [1.82, 2.24) is 10.2 Å². The topological polar surface area (TPSA) is 32.3 Å². The molecule has 0 spiro atoms. The average Bonchev–Trinajstić information content (AvgIpc) is 2.28. The molecule has 0 radical (unpaired) electrons. The van der Waals surface area contributed by atoms with Gasteiger partial charge in [-0.2, -0.15) is 0 Å². The Balaban J connectivity index is 2.34. The molecule has 1 saturated heterocycles. The number of hydrogen-bond acceptors (Lipinski definition) is 2. The Labute approximate surface area is 101 Å². The molecule has 0 aliphatic carbocycles. The third kappa shape index (κ3) is 4.11. The maximum Gasteiger partial charge on any atom is 0.234 e. The molecule has 0 aromatic carbocycles. The Hall–Kier alpha value is -0.0900. The largest absolute Gasteiger partial charge is 0.351 e. The van der Waals surface area contributed by atoms with Gasteiger partial charge in [-0.15, -0.1) is 0 Å². The van der Waals surface area contributed by atoms with Crippen molar-refractivity contribution in [1.29, 1.82) is 0 Å². The van der Waals surface area contributed by atoms with Crippen LogP contribution in [0.4, 0.5) is 0 Å². The lowest BCUT2D eigenvalue weighted by Gasteiger charge is -2.32. The molecule has 0 aromatic rings. The van der Waals surface area contributed by atoms with E-state index in [2.05, 4.69) is 33.1 Å². The molecular weight excluding hydrogens is 256 g/mol. The van der Waals surface area contributed by atoms with Gasteiger partial charge < -0.3 is 10.2 Å². The van der Waals surface area contributed by atoms with Gasteiger partial charge in [0, 0.05) is 12.6 Å². The summed E-state index contributed by atoms with van der Waals surface area (Å²) in [4.78, 5) is 14.0. The summed E-state index contributed by atoms with van der Waals surface area (Å²) < 4.78 is 0. The van der Waals surface area contributed by atoms with E-state index in [9.17, 15) is 4.79 Å². The highest BCUT2D eigenvalue weighted by molar-refractivity contribution is 9.10. The zero-order valence-electron chi connectivity index (χ0n) is 9.63. The van der Waals surface area contributed by atoms with Crippen LogP contribution in [0.1, 0.15) is 33.1 Å². The van der Waals surface area contributed by atoms with Crippen LogP contribution >= 0.6 is 15.9 Å². The molecule has 0 saturated carbocycles. The first-order valence-electron chi connectivity index (χ1n) is 5.84. The Kier molecular flexibility index (Phi) is 5.61. The fourth-order valence-corrected chi connectivity index (χ4v) is 2.07. The number of rotatable bonds is 4. The molecule has 4 heteroatoms. The lowest BCUT2D eigenvalue weighted by molar-refractivity contribution is -0.121. The third-order valence-corrected chi connectivity index (χ3v) is 4.01. The van der Waals surface area contributed by atoms with Crippen molar-refractivity contribution in [2.75, 3.05) is 19.6 Å². The van der Waals surface area contributed by atoms with Gasteiger partial charge >= 0.3 is 0 Å². The van der Waals surface area contributed by atoms with Crippen molar-refractivity contribution in [3.63, 3.8) is 0 Å². The zero-order chi connectivity index (χ0) is 11.3. The van der Waals surface area contributed by atoms with E-state index in [-0.39, 0.29) is 10.7 Å². The lowest BCUT2D eigenvalue weighted by Crippen LogP contribution is -2.49. The fourth-order valence-electron chi connectivity index (χ4n) is 1.94. The van der Waals surface area contributed by atoms with E-state index in [1.165, 1.54) is 13.0 Å². The molecule has 0 aromatic heterocycles. The number of carbonyl (C=O) groups is 1. The van der Waals surface area contributed by atoms with Gasteiger partial charge in [0.25, 0.3) is 0 Å². The number of nitrogens with one attached hydrogen (secondary N) is 1. The first kappa shape index (κ1) is 13.0. The number of carbonyl (C=O) groups excluding carboxylic acids is 1. The third-order valence-electron chi connectivity index (χ3n) is 2.94. The molecule has 1 heterocycles. The molecular formula is C11H21BrN2O. The summed E-state index contributed by atoms with van der Waals surface area (Å²) in [6, 6.07) is 0.345. The smallest absolute Gasteiger partial charge is 0.234 e. The van der Waals surface area contributed by atoms with E-state index in [0.717, 1.165) is 25.9 Å². The Morgan fingerprint density at radius 3 is 2.93 bits per heavy atom. The Morgan fingerprint density at radius 1 is 1.60 bits per heavy atom. The van der Waals surface area contributed by atoms with Gasteiger partial charge in [0.15, 0.2) is 0 Å². The maximum absolute atomic E-state index is 11.7. The number of likely N-dealkylation sites (tertiary alicyclic amines) is 1. The average molecular weight is 277 g/mol. The SMILES string of the molecule is CCC(Br)C(=O)NC1CCCN(CC)C1. The van der Waals surface area contributed by atoms with E-state index in [0.29, 0.717) is 6.04 Å². The molecule has 1 rings (SSSR count). The standard InChI is InChI=1S/C11H21BrN2O/c1-3-10(12)11(15)13-9-6-5-7-14(4-2)8-9/h9-10H,3-8H2,1-2H3,(H,13,15). The van der Waals surface area contributed by atoms with Crippen LogP contribution in [0.3, 0.4) is 0 Å². The van der Waals surface area contributed by atoms with Gasteiger partial charge in [-0.05, 0) is 32.4 Å². The minimum atomic E-state index is -0.0329. The molecule has 1 aliphatic rings. The normalized spacial score (nSPS) is 24.9. The molecule has 88 valence electrons. The number of nitrogens with zero attached hydrogens (tertiary/aromatic N) is 1. The second-order valence-corrected chi connectivity index (χ2v) is 5.22. The summed E-state index contributed by atoms with van der Waals surface area (Å²) in [5.74, 6) is 0.139. The number of alkyl halides is 1. The van der Waals surface area contributed by atoms with Gasteiger partial charge in [-0.1, -0.05) is 29.8 Å². The summed E-state index contributed by atoms with van der Waals surface area (Å²) >= 11 is 3.38. The fraction of sp³-hybridized carbons (Fsp3) is 0.909. The van der Waals surface area contributed by atoms with Gasteiger partial charge in [-0.3, -0.25) is 4.79 Å². The Bertz CT molecular complexity index is 211. The minimum absolute atomic E-state index is 0.0329. The van der Waals surface area contributed by atoms with Crippen LogP contribution in [0.2, 0.25) is 0 Å². The summed E-state index contributed by atoms with van der Waals surface area (Å²) in [7, 11) is 0. The van der Waals surface area contributed by atoms with Crippen LogP contribution in [0.5, 0.6) is 0 Å². The van der Waals surface area contributed by atoms with Crippen molar-refractivity contribution in [3.8, 4) is 0 Å². The van der Waals surface area contributed by atoms with E-state index in [4.69, 9.17) is 0 Å². The second kappa shape index (κ2) is 6.48. The van der Waals surface area contributed by atoms with E-state index in [1.54, 1.807) is 0 Å². The number of piperidine rings is 1. The van der Waals surface area contributed by atoms with Crippen LogP contribution < -0.4 is 5.32 Å². The molecule has 15 heavy (non-hydrogen) atoms. The van der Waals surface area contributed by atoms with Gasteiger partial charge in [0.2, 0.25) is 5.91 Å². The monoisotopic (exact) mass is 276 g/mol. The molecule has 1 fully saturated rings. The molecule has 2 unspecified atom stereocenters. The van der Waals surface area contributed by atoms with Crippen LogP contribution in [0, 0.1) is 0 Å². The number of amides is 1. The highest BCUT2D eigenvalue weighted by Gasteiger charge is 2.22. The van der Waals surface area contributed by atoms with Crippen molar-refractivity contribution in [2.45, 2.75) is 44.0 Å². The van der Waals surface area contributed by atoms with Crippen LogP contribution in [0.15, 0.2) is 0 Å². The molecule has 1 amide bonds. The highest BCUT2D eigenvalue weighted by atomic mass is 79.9. The maximum atomic E-state index is 11.7. The van der Waals surface area contributed by atoms with E-state index >= 15 is 0 Å². The summed E-state index contributed by atoms with van der Waals surface area (Å²) in [5, 5.41) is 3.11. The predicted molar refractivity (Wildman–Crippen MR) is 66.3 cm³/mol. The molecule has 2 atom stereocenters. The molecule has 1 N–H and O–H groups in total. The van der Waals surface area contributed by atoms with Crippen molar-refractivity contribution in [3.05, 3.63) is 0 Å². The number of likely N-dealkylation sites (N-methyl/N-ethyl adjacent to an activating group) is 1. The van der Waals surface area contributed by atoms with Crippen LogP contribution in [-0.4, -0.2) is 41.3 Å². The highest BCUT2D eigenvalue weighted by Crippen LogP contribution is 2.11. The van der Waals surface area contributed by atoms with Crippen LogP contribution in [-0.2, 0) is 4.79 Å². The van der Waals surface area contributed by atoms with Gasteiger partial charge in [0.05, 0.1) is 4.83 Å². The summed E-state index contributed by atoms with van der Waals surface area (Å²) in [6.07, 6.45) is 3.15. The predicted octanol–water partition coefficient (Wildman–Crippen LogP) is 1.76. The first-order valence-corrected chi connectivity index (χ1v) is 6.75.